The van der Waals surface area contributed by atoms with E-state index in [4.69, 9.17) is 0 Å². The Morgan fingerprint density at radius 3 is 2.33 bits per heavy atom. The van der Waals surface area contributed by atoms with Gasteiger partial charge in [-0.25, -0.2) is 9.18 Å². The van der Waals surface area contributed by atoms with Gasteiger partial charge in [0.25, 0.3) is 0 Å². The highest BCUT2D eigenvalue weighted by molar-refractivity contribution is 5.95. The Morgan fingerprint density at radius 2 is 1.70 bits per heavy atom. The molecule has 1 aliphatic heterocycles. The van der Waals surface area contributed by atoms with Crippen molar-refractivity contribution >= 4 is 11.7 Å². The molecule has 5 heteroatoms. The van der Waals surface area contributed by atoms with E-state index in [-0.39, 0.29) is 22.9 Å². The molecule has 2 fully saturated rings. The molecule has 0 atom stereocenters. The van der Waals surface area contributed by atoms with Crippen LogP contribution in [0, 0.1) is 5.82 Å². The predicted molar refractivity (Wildman–Crippen MR) is 105 cm³/mol. The van der Waals surface area contributed by atoms with Crippen molar-refractivity contribution in [2.75, 3.05) is 25.5 Å². The van der Waals surface area contributed by atoms with Gasteiger partial charge in [0.05, 0.1) is 12.1 Å². The average Bonchev–Trinajstić information content (AvgIpc) is 2.99. The molecule has 4 rings (SSSR count). The number of carbonyl (C=O) groups is 1. The van der Waals surface area contributed by atoms with Gasteiger partial charge >= 0.3 is 6.03 Å². The van der Waals surface area contributed by atoms with E-state index in [1.165, 1.54) is 17.7 Å². The molecular formula is C22H26FN3O. The Bertz CT molecular complexity index is 828. The second-order valence-corrected chi connectivity index (χ2v) is 8.07. The first-order chi connectivity index (χ1) is 12.9. The highest BCUT2D eigenvalue weighted by Gasteiger charge is 2.50. The molecule has 2 aromatic carbocycles. The van der Waals surface area contributed by atoms with Crippen molar-refractivity contribution in [3.8, 4) is 0 Å². The van der Waals surface area contributed by atoms with Gasteiger partial charge in [0.2, 0.25) is 0 Å². The van der Waals surface area contributed by atoms with Crippen LogP contribution < -0.4 is 10.2 Å². The third-order valence-corrected chi connectivity index (χ3v) is 6.40. The predicted octanol–water partition coefficient (Wildman–Crippen LogP) is 4.13. The minimum Gasteiger partial charge on any atom is -0.330 e. The maximum Gasteiger partial charge on any atom is 0.322 e. The largest absolute Gasteiger partial charge is 0.330 e. The molecule has 27 heavy (non-hydrogen) atoms. The normalized spacial score (nSPS) is 28.0. The average molecular weight is 367 g/mol. The van der Waals surface area contributed by atoms with Crippen LogP contribution >= 0.6 is 0 Å². The first-order valence-electron chi connectivity index (χ1n) is 9.52. The first-order valence-corrected chi connectivity index (χ1v) is 9.52. The lowest BCUT2D eigenvalue weighted by Gasteiger charge is -2.48. The number of hydrogen-bond donors (Lipinski definition) is 1. The molecule has 1 spiro atoms. The topological polar surface area (TPSA) is 35.6 Å². The number of anilines is 1. The zero-order valence-corrected chi connectivity index (χ0v) is 15.9. The van der Waals surface area contributed by atoms with Gasteiger partial charge < -0.3 is 5.32 Å². The van der Waals surface area contributed by atoms with E-state index in [9.17, 15) is 9.18 Å². The molecule has 2 amide bonds. The smallest absolute Gasteiger partial charge is 0.322 e. The van der Waals surface area contributed by atoms with Crippen molar-refractivity contribution in [3.05, 3.63) is 66.0 Å². The number of halogens is 1. The number of hydrogen-bond acceptors (Lipinski definition) is 2. The van der Waals surface area contributed by atoms with Gasteiger partial charge in [0, 0.05) is 11.2 Å². The number of nitrogens with one attached hydrogen (secondary N) is 1. The second kappa shape index (κ2) is 6.64. The summed E-state index contributed by atoms with van der Waals surface area (Å²) in [5.41, 5.74) is 1.70. The number of carbonyl (C=O) groups excluding carboxylic acids is 1. The standard InChI is InChI=1S/C22H26FN3O/c1-25(2)22(17-7-4-3-5-8-17)13-11-21(12-14-22)16-26(20(27)24-21)19-10-6-9-18(23)15-19/h3-10,15H,11-14,16H2,1-2H3,(H,24,27)/t21-,22+. The molecule has 1 N–H and O–H groups in total. The maximum atomic E-state index is 13.6. The quantitative estimate of drug-likeness (QED) is 0.886. The number of nitrogens with zero attached hydrogens (tertiary/aromatic N) is 2. The van der Waals surface area contributed by atoms with E-state index >= 15 is 0 Å². The summed E-state index contributed by atoms with van der Waals surface area (Å²) in [5, 5.41) is 3.21. The summed E-state index contributed by atoms with van der Waals surface area (Å²) in [5.74, 6) is -0.319. The molecule has 1 saturated carbocycles. The zero-order chi connectivity index (χ0) is 19.1. The van der Waals surface area contributed by atoms with Crippen molar-refractivity contribution in [3.63, 3.8) is 0 Å². The third-order valence-electron chi connectivity index (χ3n) is 6.40. The number of rotatable bonds is 3. The van der Waals surface area contributed by atoms with Crippen LogP contribution in [0.25, 0.3) is 0 Å². The van der Waals surface area contributed by atoms with E-state index in [0.717, 1.165) is 25.7 Å². The molecule has 142 valence electrons. The van der Waals surface area contributed by atoms with E-state index in [1.54, 1.807) is 17.0 Å². The van der Waals surface area contributed by atoms with E-state index in [2.05, 4.69) is 48.6 Å². The lowest BCUT2D eigenvalue weighted by molar-refractivity contribution is 0.0658. The lowest BCUT2D eigenvalue weighted by atomic mass is 9.69. The summed E-state index contributed by atoms with van der Waals surface area (Å²) in [6.07, 6.45) is 3.75. The van der Waals surface area contributed by atoms with Gasteiger partial charge in [-0.05, 0) is 63.5 Å². The highest BCUT2D eigenvalue weighted by Crippen LogP contribution is 2.46. The summed E-state index contributed by atoms with van der Waals surface area (Å²) < 4.78 is 13.6. The Balaban J connectivity index is 1.55. The SMILES string of the molecule is CN(C)[C@]1(c2ccccc2)CC[C@]2(CC1)CN(c1cccc(F)c1)C(=O)N2. The van der Waals surface area contributed by atoms with Gasteiger partial charge in [-0.3, -0.25) is 9.80 Å². The Hall–Kier alpha value is -2.40. The van der Waals surface area contributed by atoms with Crippen molar-refractivity contribution in [1.82, 2.24) is 10.2 Å². The maximum absolute atomic E-state index is 13.6. The Labute approximate surface area is 160 Å². The van der Waals surface area contributed by atoms with Crippen LogP contribution in [-0.4, -0.2) is 37.1 Å². The van der Waals surface area contributed by atoms with E-state index in [0.29, 0.717) is 12.2 Å². The minimum absolute atomic E-state index is 0.0104. The van der Waals surface area contributed by atoms with Crippen molar-refractivity contribution in [2.45, 2.75) is 36.8 Å². The third kappa shape index (κ3) is 3.10. The van der Waals surface area contributed by atoms with E-state index in [1.807, 2.05) is 6.07 Å². The zero-order valence-electron chi connectivity index (χ0n) is 15.9. The number of urea groups is 1. The summed E-state index contributed by atoms with van der Waals surface area (Å²) in [7, 11) is 4.27. The van der Waals surface area contributed by atoms with Crippen molar-refractivity contribution in [2.24, 2.45) is 0 Å². The van der Waals surface area contributed by atoms with Gasteiger partial charge in [0.1, 0.15) is 5.82 Å². The van der Waals surface area contributed by atoms with Gasteiger partial charge in [0.15, 0.2) is 0 Å². The fourth-order valence-corrected chi connectivity index (χ4v) is 4.73. The molecule has 0 aromatic heterocycles. The second-order valence-electron chi connectivity index (χ2n) is 8.07. The van der Waals surface area contributed by atoms with Crippen LogP contribution in [0.5, 0.6) is 0 Å². The van der Waals surface area contributed by atoms with Crippen LogP contribution in [0.3, 0.4) is 0 Å². The molecule has 1 saturated heterocycles. The van der Waals surface area contributed by atoms with E-state index < -0.39 is 0 Å². The summed E-state index contributed by atoms with van der Waals surface area (Å²) in [6, 6.07) is 16.8. The van der Waals surface area contributed by atoms with Gasteiger partial charge in [-0.15, -0.1) is 0 Å². The lowest BCUT2D eigenvalue weighted by Crippen LogP contribution is -2.54. The first kappa shape index (κ1) is 18.0. The summed E-state index contributed by atoms with van der Waals surface area (Å²) in [4.78, 5) is 16.6. The van der Waals surface area contributed by atoms with Gasteiger partial charge in [-0.2, -0.15) is 0 Å². The van der Waals surface area contributed by atoms with Crippen LogP contribution in [0.4, 0.5) is 14.9 Å². The molecular weight excluding hydrogens is 341 g/mol. The molecule has 0 radical (unpaired) electrons. The van der Waals surface area contributed by atoms with Crippen LogP contribution in [0.2, 0.25) is 0 Å². The summed E-state index contributed by atoms with van der Waals surface area (Å²) >= 11 is 0. The molecule has 4 nitrogen and oxygen atoms in total. The van der Waals surface area contributed by atoms with Crippen LogP contribution in [0.15, 0.2) is 54.6 Å². The molecule has 1 aliphatic carbocycles. The van der Waals surface area contributed by atoms with Crippen molar-refractivity contribution in [1.29, 1.82) is 0 Å². The molecule has 0 unspecified atom stereocenters. The Kier molecular flexibility index (Phi) is 4.42. The fourth-order valence-electron chi connectivity index (χ4n) is 4.73. The summed E-state index contributed by atoms with van der Waals surface area (Å²) in [6.45, 7) is 0.591. The fraction of sp³-hybridized carbons (Fsp3) is 0.409. The highest BCUT2D eigenvalue weighted by atomic mass is 19.1. The Morgan fingerprint density at radius 1 is 1.00 bits per heavy atom. The minimum atomic E-state index is -0.319. The molecule has 1 heterocycles. The van der Waals surface area contributed by atoms with Crippen molar-refractivity contribution < 1.29 is 9.18 Å². The number of benzene rings is 2. The number of amides is 2. The monoisotopic (exact) mass is 367 g/mol. The molecule has 2 aromatic rings. The van der Waals surface area contributed by atoms with Crippen LogP contribution in [0.1, 0.15) is 31.2 Å². The van der Waals surface area contributed by atoms with Crippen LogP contribution in [-0.2, 0) is 5.54 Å². The molecule has 2 aliphatic rings. The van der Waals surface area contributed by atoms with Gasteiger partial charge in [-0.1, -0.05) is 36.4 Å². The molecule has 0 bridgehead atoms.